The number of hydrogen-bond donors (Lipinski definition) is 0. The molecule has 2 aliphatic heterocycles. The Hall–Kier alpha value is -3.10. The van der Waals surface area contributed by atoms with Crippen LogP contribution in [0.3, 0.4) is 0 Å². The summed E-state index contributed by atoms with van der Waals surface area (Å²) in [4.78, 5) is 43.3. The Bertz CT molecular complexity index is 1140. The fourth-order valence-electron chi connectivity index (χ4n) is 3.83. The number of pyridine rings is 1. The molecule has 2 aliphatic rings. The first-order chi connectivity index (χ1) is 15.7. The average Bonchev–Trinajstić information content (AvgIpc) is 3.06. The van der Waals surface area contributed by atoms with Crippen LogP contribution in [-0.4, -0.2) is 70.0 Å². The highest BCUT2D eigenvalue weighted by atomic mass is 32.2. The van der Waals surface area contributed by atoms with Crippen LogP contribution in [0.4, 0.5) is 10.6 Å². The van der Waals surface area contributed by atoms with Gasteiger partial charge in [0, 0.05) is 45.3 Å². The van der Waals surface area contributed by atoms with Crippen LogP contribution in [0.15, 0.2) is 22.4 Å². The lowest BCUT2D eigenvalue weighted by molar-refractivity contribution is -0.121. The van der Waals surface area contributed by atoms with E-state index in [0.29, 0.717) is 65.5 Å². The number of carbonyl (C=O) groups is 2. The first-order valence-electron chi connectivity index (χ1n) is 10.4. The molecule has 2 saturated heterocycles. The number of thioether (sulfide) groups is 1. The summed E-state index contributed by atoms with van der Waals surface area (Å²) in [7, 11) is 1.61. The monoisotopic (exact) mass is 487 g/mol. The van der Waals surface area contributed by atoms with Crippen molar-refractivity contribution in [3.63, 3.8) is 0 Å². The molecule has 0 aromatic carbocycles. The van der Waals surface area contributed by atoms with Crippen molar-refractivity contribution in [1.29, 1.82) is 5.26 Å². The summed E-state index contributed by atoms with van der Waals surface area (Å²) in [6, 6.07) is 1.99. The zero-order chi connectivity index (χ0) is 24.3. The molecule has 0 radical (unpaired) electrons. The number of thiocarbonyl (C=S) groups is 1. The Balaban J connectivity index is 2.05. The van der Waals surface area contributed by atoms with Gasteiger partial charge in [-0.05, 0) is 25.5 Å². The molecular formula is C22H25N5O4S2. The second kappa shape index (κ2) is 10.2. The highest BCUT2D eigenvalue weighted by Gasteiger charge is 2.33. The topological polar surface area (TPSA) is 98.9 Å². The first kappa shape index (κ1) is 24.5. The summed E-state index contributed by atoms with van der Waals surface area (Å²) in [6.45, 7) is 9.52. The third kappa shape index (κ3) is 4.67. The van der Waals surface area contributed by atoms with Crippen molar-refractivity contribution in [3.05, 3.63) is 44.6 Å². The van der Waals surface area contributed by atoms with Gasteiger partial charge in [0.2, 0.25) is 0 Å². The van der Waals surface area contributed by atoms with Gasteiger partial charge in [-0.3, -0.25) is 19.1 Å². The van der Waals surface area contributed by atoms with E-state index in [-0.39, 0.29) is 17.6 Å². The number of piperazine rings is 1. The number of rotatable bonds is 5. The van der Waals surface area contributed by atoms with Gasteiger partial charge in [0.15, 0.2) is 0 Å². The zero-order valence-corrected chi connectivity index (χ0v) is 20.4. The van der Waals surface area contributed by atoms with Gasteiger partial charge in [0.05, 0.1) is 11.5 Å². The molecule has 2 fully saturated rings. The van der Waals surface area contributed by atoms with Gasteiger partial charge in [-0.15, -0.1) is 6.58 Å². The molecule has 0 aliphatic carbocycles. The van der Waals surface area contributed by atoms with Crippen molar-refractivity contribution in [2.75, 3.05) is 44.2 Å². The second-order valence-corrected chi connectivity index (χ2v) is 9.14. The molecule has 3 heterocycles. The zero-order valence-electron chi connectivity index (χ0n) is 18.8. The minimum Gasteiger partial charge on any atom is -0.450 e. The molecule has 1 aromatic heterocycles. The van der Waals surface area contributed by atoms with Crippen molar-refractivity contribution < 1.29 is 14.3 Å². The Morgan fingerprint density at radius 3 is 2.55 bits per heavy atom. The van der Waals surface area contributed by atoms with Crippen LogP contribution < -0.4 is 10.5 Å². The van der Waals surface area contributed by atoms with Crippen LogP contribution in [0.1, 0.15) is 23.6 Å². The summed E-state index contributed by atoms with van der Waals surface area (Å²) in [6.07, 6.45) is 2.94. The van der Waals surface area contributed by atoms with Gasteiger partial charge in [0.25, 0.3) is 11.5 Å². The molecule has 0 N–H and O–H groups in total. The van der Waals surface area contributed by atoms with E-state index in [2.05, 4.69) is 6.58 Å². The number of nitriles is 1. The second-order valence-electron chi connectivity index (χ2n) is 7.47. The molecule has 3 rings (SSSR count). The van der Waals surface area contributed by atoms with Gasteiger partial charge in [-0.2, -0.15) is 5.26 Å². The Morgan fingerprint density at radius 2 is 1.97 bits per heavy atom. The Kier molecular flexibility index (Phi) is 7.61. The van der Waals surface area contributed by atoms with Crippen molar-refractivity contribution in [2.45, 2.75) is 13.8 Å². The molecule has 174 valence electrons. The van der Waals surface area contributed by atoms with E-state index in [4.69, 9.17) is 17.0 Å². The number of hydrogen-bond acceptors (Lipinski definition) is 8. The van der Waals surface area contributed by atoms with E-state index < -0.39 is 5.56 Å². The van der Waals surface area contributed by atoms with Gasteiger partial charge in [0.1, 0.15) is 21.8 Å². The third-order valence-electron chi connectivity index (χ3n) is 5.53. The summed E-state index contributed by atoms with van der Waals surface area (Å²) >= 11 is 6.51. The molecule has 0 saturated carbocycles. The van der Waals surface area contributed by atoms with Crippen molar-refractivity contribution in [3.8, 4) is 6.07 Å². The van der Waals surface area contributed by atoms with E-state index in [1.807, 2.05) is 11.0 Å². The van der Waals surface area contributed by atoms with Crippen LogP contribution in [0.2, 0.25) is 0 Å². The van der Waals surface area contributed by atoms with Crippen LogP contribution in [0.5, 0.6) is 0 Å². The molecule has 0 bridgehead atoms. The van der Waals surface area contributed by atoms with E-state index in [1.54, 1.807) is 37.9 Å². The third-order valence-corrected chi connectivity index (χ3v) is 6.91. The maximum atomic E-state index is 12.9. The highest BCUT2D eigenvalue weighted by Crippen LogP contribution is 2.35. The normalized spacial score (nSPS) is 17.5. The number of anilines is 1. The summed E-state index contributed by atoms with van der Waals surface area (Å²) in [5.41, 5.74) is 0.725. The molecule has 2 amide bonds. The molecule has 0 atom stereocenters. The molecule has 11 heteroatoms. The van der Waals surface area contributed by atoms with Gasteiger partial charge < -0.3 is 14.5 Å². The van der Waals surface area contributed by atoms with Crippen molar-refractivity contribution in [2.24, 2.45) is 7.05 Å². The van der Waals surface area contributed by atoms with Crippen LogP contribution in [0, 0.1) is 18.3 Å². The van der Waals surface area contributed by atoms with Gasteiger partial charge in [-0.1, -0.05) is 30.1 Å². The number of ether oxygens (including phenoxy) is 1. The highest BCUT2D eigenvalue weighted by molar-refractivity contribution is 8.26. The first-order valence-corrected chi connectivity index (χ1v) is 11.6. The number of carbonyl (C=O) groups excluding carboxylic acids is 2. The Morgan fingerprint density at radius 1 is 1.30 bits per heavy atom. The SMILES string of the molecule is C=CCN1C(=O)/C(=C/c2c(C)c(C#N)c(=O)n(C)c2N2CCN(C(=O)OCC)CC2)SC1=S. The lowest BCUT2D eigenvalue weighted by Gasteiger charge is -2.37. The predicted molar refractivity (Wildman–Crippen MR) is 132 cm³/mol. The standard InChI is InChI=1S/C22H25N5O4S2/c1-5-7-27-20(29)17(33-22(27)32)12-15-14(3)16(13-23)19(28)24(4)18(15)25-8-10-26(11-9-25)21(30)31-6-2/h5,12H,1,6-11H2,2-4H3/b17-12-. The lowest BCUT2D eigenvalue weighted by Crippen LogP contribution is -2.50. The van der Waals surface area contributed by atoms with Gasteiger partial charge >= 0.3 is 6.09 Å². The number of nitrogens with zero attached hydrogens (tertiary/aromatic N) is 5. The predicted octanol–water partition coefficient (Wildman–Crippen LogP) is 2.23. The molecule has 0 unspecified atom stereocenters. The van der Waals surface area contributed by atoms with E-state index >= 15 is 0 Å². The Labute approximate surface area is 201 Å². The van der Waals surface area contributed by atoms with Crippen molar-refractivity contribution >= 4 is 52.2 Å². The minimum absolute atomic E-state index is 0.0271. The fraction of sp³-hybridized carbons (Fsp3) is 0.409. The molecular weight excluding hydrogens is 462 g/mol. The molecule has 33 heavy (non-hydrogen) atoms. The lowest BCUT2D eigenvalue weighted by atomic mass is 10.0. The molecule has 1 aromatic rings. The number of amides is 2. The quantitative estimate of drug-likeness (QED) is 0.354. The maximum Gasteiger partial charge on any atom is 0.409 e. The number of aromatic nitrogens is 1. The van der Waals surface area contributed by atoms with E-state index in [1.165, 1.54) is 21.2 Å². The average molecular weight is 488 g/mol. The van der Waals surface area contributed by atoms with Crippen LogP contribution in [-0.2, 0) is 16.6 Å². The largest absolute Gasteiger partial charge is 0.450 e. The summed E-state index contributed by atoms with van der Waals surface area (Å²) < 4.78 is 6.94. The van der Waals surface area contributed by atoms with Crippen LogP contribution >= 0.6 is 24.0 Å². The van der Waals surface area contributed by atoms with Crippen LogP contribution in [0.25, 0.3) is 6.08 Å². The van der Waals surface area contributed by atoms with E-state index in [0.717, 1.165) is 0 Å². The molecule has 9 nitrogen and oxygen atoms in total. The fourth-order valence-corrected chi connectivity index (χ4v) is 5.08. The summed E-state index contributed by atoms with van der Waals surface area (Å²) in [5, 5.41) is 9.59. The minimum atomic E-state index is -0.408. The van der Waals surface area contributed by atoms with Gasteiger partial charge in [-0.25, -0.2) is 4.79 Å². The molecule has 0 spiro atoms. The summed E-state index contributed by atoms with van der Waals surface area (Å²) in [5.74, 6) is 0.351. The van der Waals surface area contributed by atoms with E-state index in [9.17, 15) is 19.6 Å². The maximum absolute atomic E-state index is 12.9. The smallest absolute Gasteiger partial charge is 0.409 e. The van der Waals surface area contributed by atoms with Crippen molar-refractivity contribution in [1.82, 2.24) is 14.4 Å².